The van der Waals surface area contributed by atoms with Gasteiger partial charge in [0.1, 0.15) is 12.4 Å². The van der Waals surface area contributed by atoms with Crippen molar-refractivity contribution in [2.24, 2.45) is 10.4 Å². The summed E-state index contributed by atoms with van der Waals surface area (Å²) in [5.41, 5.74) is 6.74. The molecule has 2 aromatic carbocycles. The molecule has 0 aromatic heterocycles. The monoisotopic (exact) mass is 531 g/mol. The fourth-order valence-electron chi connectivity index (χ4n) is 3.48. The molecule has 0 saturated carbocycles. The number of aliphatic hydroxyl groups excluding tert-OH is 1. The van der Waals surface area contributed by atoms with Crippen molar-refractivity contribution in [1.82, 2.24) is 10.9 Å². The first-order chi connectivity index (χ1) is 16.2. The number of hydrogen-bond donors (Lipinski definition) is 3. The first kappa shape index (κ1) is 26.2. The van der Waals surface area contributed by atoms with Crippen molar-refractivity contribution in [2.75, 3.05) is 26.4 Å². The molecular weight excluding hydrogens is 498 g/mol. The number of carbonyl (C=O) groups is 1. The Kier molecular flexibility index (Phi) is 9.10. The Morgan fingerprint density at radius 1 is 1.21 bits per heavy atom. The minimum atomic E-state index is -1.09. The van der Waals surface area contributed by atoms with Crippen LogP contribution in [0.15, 0.2) is 58.0 Å². The van der Waals surface area contributed by atoms with E-state index in [1.165, 1.54) is 0 Å². The van der Waals surface area contributed by atoms with Gasteiger partial charge in [-0.25, -0.2) is 10.4 Å². The predicted molar refractivity (Wildman–Crippen MR) is 137 cm³/mol. The van der Waals surface area contributed by atoms with E-state index >= 15 is 0 Å². The molecule has 1 heterocycles. The number of aliphatic imine (C=N–C) groups is 1. The molecule has 7 nitrogen and oxygen atoms in total. The van der Waals surface area contributed by atoms with E-state index in [-0.39, 0.29) is 24.5 Å². The summed E-state index contributed by atoms with van der Waals surface area (Å²) in [6, 6.07) is 15.2. The molecule has 1 aliphatic rings. The van der Waals surface area contributed by atoms with Gasteiger partial charge in [-0.2, -0.15) is 0 Å². The molecule has 1 atom stereocenters. The first-order valence-corrected chi connectivity index (χ1v) is 12.4. The van der Waals surface area contributed by atoms with Crippen LogP contribution < -0.4 is 15.6 Å². The van der Waals surface area contributed by atoms with Crippen molar-refractivity contribution in [1.29, 1.82) is 0 Å². The lowest BCUT2D eigenvalue weighted by Crippen LogP contribution is -2.53. The number of hydrogen-bond acceptors (Lipinski definition) is 6. The van der Waals surface area contributed by atoms with Gasteiger partial charge in [0.05, 0.1) is 6.61 Å². The van der Waals surface area contributed by atoms with E-state index in [0.29, 0.717) is 37.6 Å². The summed E-state index contributed by atoms with van der Waals surface area (Å²) < 4.78 is 12.5. The number of rotatable bonds is 11. The summed E-state index contributed by atoms with van der Waals surface area (Å²) in [7, 11) is 0. The highest BCUT2D eigenvalue weighted by Gasteiger charge is 2.45. The van der Waals surface area contributed by atoms with Crippen LogP contribution >= 0.6 is 15.9 Å². The Labute approximate surface area is 210 Å². The number of benzene rings is 2. The van der Waals surface area contributed by atoms with Crippen LogP contribution in [0.2, 0.25) is 0 Å². The van der Waals surface area contributed by atoms with E-state index in [1.807, 2.05) is 48.5 Å². The van der Waals surface area contributed by atoms with Crippen molar-refractivity contribution in [2.45, 2.75) is 45.6 Å². The Bertz CT molecular complexity index is 988. The standard InChI is InChI=1S/C26H34BrN3O4/c1-25(2,3)13-14-28-30-24(32)26(17-20-7-4-5-8-22(20)27)18-34-23(29-26)19-9-11-21(12-10-19)33-16-6-15-31/h4-5,7-12,28,31H,6,13-18H2,1-3H3,(H,30,32)/t26-/m0/s1. The van der Waals surface area contributed by atoms with Crippen LogP contribution in [-0.2, 0) is 16.0 Å². The van der Waals surface area contributed by atoms with E-state index in [1.54, 1.807) is 0 Å². The number of halogens is 1. The van der Waals surface area contributed by atoms with Gasteiger partial charge in [0.2, 0.25) is 5.90 Å². The first-order valence-electron chi connectivity index (χ1n) is 11.6. The molecule has 34 heavy (non-hydrogen) atoms. The summed E-state index contributed by atoms with van der Waals surface area (Å²) in [5.74, 6) is 0.908. The van der Waals surface area contributed by atoms with Gasteiger partial charge in [-0.1, -0.05) is 54.9 Å². The number of carbonyl (C=O) groups excluding carboxylic acids is 1. The van der Waals surface area contributed by atoms with Crippen molar-refractivity contribution in [3.05, 3.63) is 64.1 Å². The second-order valence-corrected chi connectivity index (χ2v) is 10.5. The summed E-state index contributed by atoms with van der Waals surface area (Å²) >= 11 is 3.59. The van der Waals surface area contributed by atoms with Crippen LogP contribution in [-0.4, -0.2) is 48.8 Å². The lowest BCUT2D eigenvalue weighted by Gasteiger charge is -2.25. The average Bonchev–Trinajstić information content (AvgIpc) is 3.23. The largest absolute Gasteiger partial charge is 0.494 e. The minimum Gasteiger partial charge on any atom is -0.494 e. The SMILES string of the molecule is CC(C)(C)CCNNC(=O)[C@]1(Cc2ccccc2Br)COC(c2ccc(OCCCO)cc2)=N1. The van der Waals surface area contributed by atoms with Crippen molar-refractivity contribution in [3.8, 4) is 5.75 Å². The summed E-state index contributed by atoms with van der Waals surface area (Å²) in [5, 5.41) is 8.90. The fourth-order valence-corrected chi connectivity index (χ4v) is 3.91. The Morgan fingerprint density at radius 2 is 1.94 bits per heavy atom. The van der Waals surface area contributed by atoms with Crippen LogP contribution in [0.1, 0.15) is 44.7 Å². The smallest absolute Gasteiger partial charge is 0.266 e. The summed E-state index contributed by atoms with van der Waals surface area (Å²) in [4.78, 5) is 18.2. The third kappa shape index (κ3) is 7.29. The second-order valence-electron chi connectivity index (χ2n) is 9.65. The maximum Gasteiger partial charge on any atom is 0.266 e. The van der Waals surface area contributed by atoms with Gasteiger partial charge in [0.25, 0.3) is 5.91 Å². The highest BCUT2D eigenvalue weighted by molar-refractivity contribution is 9.10. The van der Waals surface area contributed by atoms with Crippen molar-refractivity contribution >= 4 is 27.7 Å². The fraction of sp³-hybridized carbons (Fsp3) is 0.462. The zero-order valence-electron chi connectivity index (χ0n) is 20.1. The van der Waals surface area contributed by atoms with E-state index in [0.717, 1.165) is 22.0 Å². The molecule has 0 spiro atoms. The lowest BCUT2D eigenvalue weighted by atomic mass is 9.91. The maximum atomic E-state index is 13.4. The molecular formula is C26H34BrN3O4. The highest BCUT2D eigenvalue weighted by Crippen LogP contribution is 2.30. The number of nitrogens with one attached hydrogen (secondary N) is 2. The molecule has 2 aromatic rings. The molecule has 0 bridgehead atoms. The topological polar surface area (TPSA) is 92.2 Å². The molecule has 0 unspecified atom stereocenters. The van der Waals surface area contributed by atoms with E-state index < -0.39 is 5.54 Å². The zero-order valence-corrected chi connectivity index (χ0v) is 21.7. The predicted octanol–water partition coefficient (Wildman–Crippen LogP) is 4.03. The van der Waals surface area contributed by atoms with Crippen molar-refractivity contribution in [3.63, 3.8) is 0 Å². The molecule has 1 amide bonds. The Balaban J connectivity index is 1.78. The molecule has 0 radical (unpaired) electrons. The third-order valence-electron chi connectivity index (χ3n) is 5.50. The number of nitrogens with zero attached hydrogens (tertiary/aromatic N) is 1. The summed E-state index contributed by atoms with van der Waals surface area (Å²) in [6.45, 7) is 7.83. The number of ether oxygens (including phenoxy) is 2. The molecule has 0 saturated heterocycles. The zero-order chi connectivity index (χ0) is 24.6. The van der Waals surface area contributed by atoms with Crippen LogP contribution in [0.3, 0.4) is 0 Å². The van der Waals surface area contributed by atoms with E-state index in [2.05, 4.69) is 47.6 Å². The van der Waals surface area contributed by atoms with Gasteiger partial charge >= 0.3 is 0 Å². The molecule has 0 fully saturated rings. The highest BCUT2D eigenvalue weighted by atomic mass is 79.9. The molecule has 3 rings (SSSR count). The normalized spacial score (nSPS) is 17.7. The number of aliphatic hydroxyl groups is 1. The third-order valence-corrected chi connectivity index (χ3v) is 6.27. The van der Waals surface area contributed by atoms with Crippen LogP contribution in [0, 0.1) is 5.41 Å². The summed E-state index contributed by atoms with van der Waals surface area (Å²) in [6.07, 6.45) is 1.89. The van der Waals surface area contributed by atoms with Gasteiger partial charge in [0.15, 0.2) is 5.54 Å². The van der Waals surface area contributed by atoms with Crippen molar-refractivity contribution < 1.29 is 19.4 Å². The van der Waals surface area contributed by atoms with Gasteiger partial charge in [-0.05, 0) is 47.7 Å². The molecule has 3 N–H and O–H groups in total. The van der Waals surface area contributed by atoms with Crippen LogP contribution in [0.4, 0.5) is 0 Å². The maximum absolute atomic E-state index is 13.4. The second kappa shape index (κ2) is 11.8. The lowest BCUT2D eigenvalue weighted by molar-refractivity contribution is -0.127. The van der Waals surface area contributed by atoms with Gasteiger partial charge in [0, 0.05) is 36.0 Å². The van der Waals surface area contributed by atoms with E-state index in [4.69, 9.17) is 19.6 Å². The molecule has 184 valence electrons. The van der Waals surface area contributed by atoms with Gasteiger partial charge in [-0.3, -0.25) is 10.2 Å². The Hall–Kier alpha value is -2.42. The molecule has 1 aliphatic heterocycles. The molecule has 8 heteroatoms. The van der Waals surface area contributed by atoms with E-state index in [9.17, 15) is 4.79 Å². The Morgan fingerprint density at radius 3 is 2.62 bits per heavy atom. The minimum absolute atomic E-state index is 0.0927. The van der Waals surface area contributed by atoms with Crippen LogP contribution in [0.25, 0.3) is 0 Å². The van der Waals surface area contributed by atoms with Crippen LogP contribution in [0.5, 0.6) is 5.75 Å². The quantitative estimate of drug-likeness (QED) is 0.300. The number of amides is 1. The number of hydrazine groups is 1. The average molecular weight is 532 g/mol. The van der Waals surface area contributed by atoms with Gasteiger partial charge in [-0.15, -0.1) is 0 Å². The van der Waals surface area contributed by atoms with Gasteiger partial charge < -0.3 is 14.6 Å². The molecule has 0 aliphatic carbocycles.